The number of benzene rings is 2. The highest BCUT2D eigenvalue weighted by atomic mass is 19.1. The van der Waals surface area contributed by atoms with Gasteiger partial charge in [0.1, 0.15) is 11.6 Å². The van der Waals surface area contributed by atoms with Crippen LogP contribution >= 0.6 is 0 Å². The van der Waals surface area contributed by atoms with Crippen molar-refractivity contribution < 1.29 is 18.3 Å². The highest BCUT2D eigenvalue weighted by molar-refractivity contribution is 6.06. The zero-order chi connectivity index (χ0) is 16.1. The Morgan fingerprint density at radius 1 is 1.14 bits per heavy atom. The first-order chi connectivity index (χ1) is 10.5. The van der Waals surface area contributed by atoms with E-state index in [-0.39, 0.29) is 24.7 Å². The standard InChI is InChI=1S/C17H17F2NO2/c1-12-3-5-13(6-4-12)17(21)20(9-10-22-2)16-8-7-14(18)11-15(16)19/h3-8,11H,9-10H2,1-2H3. The average Bonchev–Trinajstić information content (AvgIpc) is 2.49. The molecule has 22 heavy (non-hydrogen) atoms. The van der Waals surface area contributed by atoms with Crippen LogP contribution in [0.25, 0.3) is 0 Å². The Hall–Kier alpha value is -2.27. The summed E-state index contributed by atoms with van der Waals surface area (Å²) in [5.41, 5.74) is 1.49. The van der Waals surface area contributed by atoms with Gasteiger partial charge in [0, 0.05) is 25.3 Å². The number of carbonyl (C=O) groups excluding carboxylic acids is 1. The van der Waals surface area contributed by atoms with E-state index in [2.05, 4.69) is 0 Å². The van der Waals surface area contributed by atoms with Gasteiger partial charge in [-0.1, -0.05) is 17.7 Å². The maximum absolute atomic E-state index is 14.0. The van der Waals surface area contributed by atoms with Gasteiger partial charge in [-0.15, -0.1) is 0 Å². The predicted molar refractivity (Wildman–Crippen MR) is 81.1 cm³/mol. The predicted octanol–water partition coefficient (Wildman–Crippen LogP) is 3.57. The van der Waals surface area contributed by atoms with Crippen LogP contribution in [0, 0.1) is 18.6 Å². The van der Waals surface area contributed by atoms with E-state index in [0.717, 1.165) is 17.7 Å². The summed E-state index contributed by atoms with van der Waals surface area (Å²) < 4.78 is 32.0. The van der Waals surface area contributed by atoms with E-state index in [1.165, 1.54) is 18.1 Å². The first kappa shape index (κ1) is 16.1. The van der Waals surface area contributed by atoms with Gasteiger partial charge in [0.25, 0.3) is 5.91 Å². The second kappa shape index (κ2) is 7.13. The van der Waals surface area contributed by atoms with Gasteiger partial charge in [0.2, 0.25) is 0 Å². The molecule has 3 nitrogen and oxygen atoms in total. The molecular weight excluding hydrogens is 288 g/mol. The van der Waals surface area contributed by atoms with Crippen LogP contribution < -0.4 is 4.90 Å². The van der Waals surface area contributed by atoms with Gasteiger partial charge >= 0.3 is 0 Å². The van der Waals surface area contributed by atoms with Gasteiger partial charge in [-0.05, 0) is 31.2 Å². The number of methoxy groups -OCH3 is 1. The maximum atomic E-state index is 14.0. The molecule has 0 fully saturated rings. The van der Waals surface area contributed by atoms with Gasteiger partial charge in [-0.2, -0.15) is 0 Å². The lowest BCUT2D eigenvalue weighted by atomic mass is 10.1. The van der Waals surface area contributed by atoms with Gasteiger partial charge in [-0.3, -0.25) is 4.79 Å². The summed E-state index contributed by atoms with van der Waals surface area (Å²) in [6, 6.07) is 10.1. The minimum atomic E-state index is -0.781. The quantitative estimate of drug-likeness (QED) is 0.845. The van der Waals surface area contributed by atoms with E-state index in [4.69, 9.17) is 4.74 Å². The Morgan fingerprint density at radius 2 is 1.82 bits per heavy atom. The molecule has 0 heterocycles. The number of aryl methyl sites for hydroxylation is 1. The second-order valence-electron chi connectivity index (χ2n) is 4.91. The Balaban J connectivity index is 2.36. The van der Waals surface area contributed by atoms with Crippen LogP contribution in [0.1, 0.15) is 15.9 Å². The molecule has 1 amide bonds. The Labute approximate surface area is 128 Å². The molecule has 0 aliphatic rings. The zero-order valence-electron chi connectivity index (χ0n) is 12.5. The Bertz CT molecular complexity index is 656. The van der Waals surface area contributed by atoms with Crippen molar-refractivity contribution in [2.45, 2.75) is 6.92 Å². The van der Waals surface area contributed by atoms with Crippen molar-refractivity contribution in [2.24, 2.45) is 0 Å². The van der Waals surface area contributed by atoms with Crippen molar-refractivity contribution in [1.29, 1.82) is 0 Å². The fraction of sp³-hybridized carbons (Fsp3) is 0.235. The van der Waals surface area contributed by atoms with Crippen molar-refractivity contribution in [3.8, 4) is 0 Å². The first-order valence-corrected chi connectivity index (χ1v) is 6.85. The number of hydrogen-bond donors (Lipinski definition) is 0. The van der Waals surface area contributed by atoms with E-state index in [9.17, 15) is 13.6 Å². The van der Waals surface area contributed by atoms with Crippen molar-refractivity contribution in [3.63, 3.8) is 0 Å². The number of halogens is 2. The molecular formula is C17H17F2NO2. The summed E-state index contributed by atoms with van der Waals surface area (Å²) in [6.45, 7) is 2.33. The number of anilines is 1. The molecule has 0 aromatic heterocycles. The van der Waals surface area contributed by atoms with Crippen LogP contribution in [0.4, 0.5) is 14.5 Å². The summed E-state index contributed by atoms with van der Waals surface area (Å²) in [7, 11) is 1.50. The third-order valence-electron chi connectivity index (χ3n) is 3.26. The van der Waals surface area contributed by atoms with Crippen LogP contribution in [-0.2, 0) is 4.74 Å². The molecule has 2 aromatic carbocycles. The van der Waals surface area contributed by atoms with Gasteiger partial charge in [0.15, 0.2) is 0 Å². The molecule has 0 spiro atoms. The maximum Gasteiger partial charge on any atom is 0.258 e. The number of hydrogen-bond acceptors (Lipinski definition) is 2. The average molecular weight is 305 g/mol. The molecule has 0 radical (unpaired) electrons. The van der Waals surface area contributed by atoms with Crippen molar-refractivity contribution in [2.75, 3.05) is 25.2 Å². The molecule has 5 heteroatoms. The number of rotatable bonds is 5. The topological polar surface area (TPSA) is 29.5 Å². The summed E-state index contributed by atoms with van der Waals surface area (Å²) in [5, 5.41) is 0. The van der Waals surface area contributed by atoms with Crippen LogP contribution in [0.3, 0.4) is 0 Å². The van der Waals surface area contributed by atoms with Crippen LogP contribution in [-0.4, -0.2) is 26.2 Å². The van der Waals surface area contributed by atoms with Gasteiger partial charge in [-0.25, -0.2) is 8.78 Å². The highest BCUT2D eigenvalue weighted by Gasteiger charge is 2.20. The fourth-order valence-electron chi connectivity index (χ4n) is 2.07. The van der Waals surface area contributed by atoms with Crippen LogP contribution in [0.15, 0.2) is 42.5 Å². The largest absolute Gasteiger partial charge is 0.383 e. The molecule has 0 N–H and O–H groups in total. The van der Waals surface area contributed by atoms with Crippen LogP contribution in [0.5, 0.6) is 0 Å². The molecule has 0 bridgehead atoms. The minimum Gasteiger partial charge on any atom is -0.383 e. The molecule has 0 aliphatic carbocycles. The number of nitrogens with zero attached hydrogens (tertiary/aromatic N) is 1. The van der Waals surface area contributed by atoms with Crippen molar-refractivity contribution in [3.05, 3.63) is 65.2 Å². The lowest BCUT2D eigenvalue weighted by Gasteiger charge is -2.23. The SMILES string of the molecule is COCCN(C(=O)c1ccc(C)cc1)c1ccc(F)cc1F. The fourth-order valence-corrected chi connectivity index (χ4v) is 2.07. The minimum absolute atomic E-state index is 0.0315. The van der Waals surface area contributed by atoms with E-state index in [1.54, 1.807) is 12.1 Å². The van der Waals surface area contributed by atoms with Crippen molar-refractivity contribution >= 4 is 11.6 Å². The monoisotopic (exact) mass is 305 g/mol. The van der Waals surface area contributed by atoms with Gasteiger partial charge < -0.3 is 9.64 Å². The number of ether oxygens (including phenoxy) is 1. The second-order valence-corrected chi connectivity index (χ2v) is 4.91. The first-order valence-electron chi connectivity index (χ1n) is 6.85. The Morgan fingerprint density at radius 3 is 2.41 bits per heavy atom. The van der Waals surface area contributed by atoms with E-state index >= 15 is 0 Å². The molecule has 2 rings (SSSR count). The summed E-state index contributed by atoms with van der Waals surface area (Å²) in [6.07, 6.45) is 0. The molecule has 0 atom stereocenters. The number of carbonyl (C=O) groups is 1. The smallest absolute Gasteiger partial charge is 0.258 e. The van der Waals surface area contributed by atoms with E-state index in [1.807, 2.05) is 19.1 Å². The summed E-state index contributed by atoms with van der Waals surface area (Å²) in [4.78, 5) is 13.9. The Kier molecular flexibility index (Phi) is 5.22. The van der Waals surface area contributed by atoms with Gasteiger partial charge in [0.05, 0.1) is 12.3 Å². The van der Waals surface area contributed by atoms with E-state index < -0.39 is 11.6 Å². The molecule has 0 saturated heterocycles. The number of amides is 1. The third kappa shape index (κ3) is 3.68. The lowest BCUT2D eigenvalue weighted by molar-refractivity contribution is 0.0975. The molecule has 116 valence electrons. The van der Waals surface area contributed by atoms with Crippen molar-refractivity contribution in [1.82, 2.24) is 0 Å². The zero-order valence-corrected chi connectivity index (χ0v) is 12.5. The van der Waals surface area contributed by atoms with Crippen LogP contribution in [0.2, 0.25) is 0 Å². The summed E-state index contributed by atoms with van der Waals surface area (Å²) >= 11 is 0. The molecule has 0 saturated carbocycles. The molecule has 2 aromatic rings. The van der Waals surface area contributed by atoms with E-state index in [0.29, 0.717) is 5.56 Å². The lowest BCUT2D eigenvalue weighted by Crippen LogP contribution is -2.34. The highest BCUT2D eigenvalue weighted by Crippen LogP contribution is 2.22. The third-order valence-corrected chi connectivity index (χ3v) is 3.26. The molecule has 0 aliphatic heterocycles. The summed E-state index contributed by atoms with van der Waals surface area (Å²) in [5.74, 6) is -1.82. The normalized spacial score (nSPS) is 10.5. The molecule has 0 unspecified atom stereocenters.